The van der Waals surface area contributed by atoms with Gasteiger partial charge in [-0.05, 0) is 60.2 Å². The molecule has 154 valence electrons. The fraction of sp³-hybridized carbons (Fsp3) is 0.292. The molecular formula is C24H26N4O2. The third-order valence-corrected chi connectivity index (χ3v) is 5.87. The van der Waals surface area contributed by atoms with Gasteiger partial charge < -0.3 is 15.3 Å². The van der Waals surface area contributed by atoms with Gasteiger partial charge in [0.1, 0.15) is 5.82 Å². The Morgan fingerprint density at radius 2 is 2.10 bits per heavy atom. The zero-order chi connectivity index (χ0) is 21.1. The monoisotopic (exact) mass is 402 g/mol. The molecule has 2 aromatic heterocycles. The number of hydrogen-bond acceptors (Lipinski definition) is 5. The first-order valence-corrected chi connectivity index (χ1v) is 10.3. The van der Waals surface area contributed by atoms with Crippen molar-refractivity contribution in [1.82, 2.24) is 9.97 Å². The van der Waals surface area contributed by atoms with Gasteiger partial charge in [0.2, 0.25) is 0 Å². The highest BCUT2D eigenvalue weighted by Crippen LogP contribution is 2.36. The summed E-state index contributed by atoms with van der Waals surface area (Å²) in [5.41, 5.74) is 5.85. The zero-order valence-electron chi connectivity index (χ0n) is 17.3. The minimum atomic E-state index is -0.944. The highest BCUT2D eigenvalue weighted by atomic mass is 16.4. The Balaban J connectivity index is 1.48. The summed E-state index contributed by atoms with van der Waals surface area (Å²) < 4.78 is 0. The third kappa shape index (κ3) is 3.99. The number of benzene rings is 1. The van der Waals surface area contributed by atoms with Crippen molar-refractivity contribution in [3.05, 3.63) is 77.2 Å². The first kappa shape index (κ1) is 19.9. The predicted molar refractivity (Wildman–Crippen MR) is 119 cm³/mol. The molecule has 0 bridgehead atoms. The Hall–Kier alpha value is -3.41. The summed E-state index contributed by atoms with van der Waals surface area (Å²) in [6.07, 6.45) is 8.06. The molecule has 4 rings (SSSR count). The van der Waals surface area contributed by atoms with E-state index in [-0.39, 0.29) is 5.56 Å². The van der Waals surface area contributed by atoms with Crippen molar-refractivity contribution in [2.45, 2.75) is 32.1 Å². The van der Waals surface area contributed by atoms with E-state index in [0.717, 1.165) is 30.8 Å². The lowest BCUT2D eigenvalue weighted by Crippen LogP contribution is -2.14. The summed E-state index contributed by atoms with van der Waals surface area (Å²) in [4.78, 5) is 22.1. The lowest BCUT2D eigenvalue weighted by molar-refractivity contribution is 0.0698. The number of anilines is 3. The van der Waals surface area contributed by atoms with Crippen molar-refractivity contribution in [3.63, 3.8) is 0 Å². The van der Waals surface area contributed by atoms with E-state index in [4.69, 9.17) is 0 Å². The number of aromatic nitrogens is 2. The molecule has 2 heterocycles. The van der Waals surface area contributed by atoms with Crippen LogP contribution in [0, 0.1) is 0 Å². The number of carboxylic acid groups (broad SMARTS) is 1. The average Bonchev–Trinajstić information content (AvgIpc) is 3.19. The van der Waals surface area contributed by atoms with Gasteiger partial charge >= 0.3 is 5.97 Å². The highest BCUT2D eigenvalue weighted by molar-refractivity contribution is 5.93. The van der Waals surface area contributed by atoms with Crippen molar-refractivity contribution < 1.29 is 9.90 Å². The van der Waals surface area contributed by atoms with Crippen molar-refractivity contribution >= 4 is 23.2 Å². The number of rotatable bonds is 7. The van der Waals surface area contributed by atoms with Crippen molar-refractivity contribution in [1.29, 1.82) is 0 Å². The first-order valence-electron chi connectivity index (χ1n) is 10.3. The lowest BCUT2D eigenvalue weighted by atomic mass is 10.0. The molecular weight excluding hydrogens is 376 g/mol. The number of fused-ring (bicyclic) bond motifs is 1. The van der Waals surface area contributed by atoms with E-state index in [2.05, 4.69) is 57.4 Å². The van der Waals surface area contributed by atoms with Crippen molar-refractivity contribution in [2.24, 2.45) is 0 Å². The minimum Gasteiger partial charge on any atom is -0.478 e. The molecule has 3 aromatic rings. The Labute approximate surface area is 176 Å². The van der Waals surface area contributed by atoms with E-state index in [1.165, 1.54) is 29.0 Å². The molecule has 0 radical (unpaired) electrons. The van der Waals surface area contributed by atoms with Crippen LogP contribution in [0.25, 0.3) is 0 Å². The summed E-state index contributed by atoms with van der Waals surface area (Å²) in [5, 5.41) is 12.6. The number of aromatic carboxylic acids is 1. The van der Waals surface area contributed by atoms with Gasteiger partial charge in [0.25, 0.3) is 0 Å². The van der Waals surface area contributed by atoms with Crippen LogP contribution in [0.2, 0.25) is 0 Å². The summed E-state index contributed by atoms with van der Waals surface area (Å²) >= 11 is 0. The standard InChI is InChI=1S/C24H26N4O2/c1-3-16-4-9-23(27-13-16)28(2)19-7-8-20-17(12-19)5-6-18(20)14-26-22-15-25-11-10-21(22)24(29)30/h4,7-13,15,18,26H,3,5-6,14H2,1-2H3,(H,29,30)/t18-/m0/s1. The van der Waals surface area contributed by atoms with Crippen LogP contribution in [0.3, 0.4) is 0 Å². The summed E-state index contributed by atoms with van der Waals surface area (Å²) in [5.74, 6) is 0.337. The number of nitrogens with one attached hydrogen (secondary N) is 1. The molecule has 1 atom stereocenters. The topological polar surface area (TPSA) is 78.4 Å². The smallest absolute Gasteiger partial charge is 0.337 e. The second-order valence-corrected chi connectivity index (χ2v) is 7.66. The quantitative estimate of drug-likeness (QED) is 0.599. The summed E-state index contributed by atoms with van der Waals surface area (Å²) in [7, 11) is 2.04. The first-order chi connectivity index (χ1) is 14.6. The molecule has 0 unspecified atom stereocenters. The van der Waals surface area contributed by atoms with E-state index < -0.39 is 5.97 Å². The second-order valence-electron chi connectivity index (χ2n) is 7.66. The van der Waals surface area contributed by atoms with E-state index in [1.54, 1.807) is 6.20 Å². The van der Waals surface area contributed by atoms with Crippen LogP contribution in [-0.4, -0.2) is 34.6 Å². The Morgan fingerprint density at radius 1 is 1.23 bits per heavy atom. The van der Waals surface area contributed by atoms with E-state index in [0.29, 0.717) is 18.2 Å². The van der Waals surface area contributed by atoms with Gasteiger partial charge in [-0.1, -0.05) is 19.1 Å². The molecule has 0 fully saturated rings. The minimum absolute atomic E-state index is 0.252. The molecule has 2 N–H and O–H groups in total. The van der Waals surface area contributed by atoms with Crippen LogP contribution in [0.15, 0.2) is 55.0 Å². The maximum atomic E-state index is 11.4. The molecule has 6 heteroatoms. The summed E-state index contributed by atoms with van der Waals surface area (Å²) in [6, 6.07) is 12.3. The van der Waals surface area contributed by atoms with E-state index in [9.17, 15) is 9.90 Å². The normalized spacial score (nSPS) is 14.9. The fourth-order valence-corrected chi connectivity index (χ4v) is 4.02. The molecule has 6 nitrogen and oxygen atoms in total. The Morgan fingerprint density at radius 3 is 2.83 bits per heavy atom. The van der Waals surface area contributed by atoms with Crippen LogP contribution in [0.4, 0.5) is 17.2 Å². The number of carbonyl (C=O) groups is 1. The molecule has 1 aromatic carbocycles. The van der Waals surface area contributed by atoms with Gasteiger partial charge in [-0.15, -0.1) is 0 Å². The molecule has 0 aliphatic heterocycles. The van der Waals surface area contributed by atoms with Crippen LogP contribution in [0.1, 0.15) is 46.3 Å². The van der Waals surface area contributed by atoms with Crippen LogP contribution < -0.4 is 10.2 Å². The number of hydrogen-bond donors (Lipinski definition) is 2. The fourth-order valence-electron chi connectivity index (χ4n) is 4.02. The molecule has 0 saturated carbocycles. The van der Waals surface area contributed by atoms with Crippen LogP contribution in [-0.2, 0) is 12.8 Å². The van der Waals surface area contributed by atoms with E-state index >= 15 is 0 Å². The Kier molecular flexibility index (Phi) is 5.65. The van der Waals surface area contributed by atoms with Gasteiger partial charge in [-0.2, -0.15) is 0 Å². The van der Waals surface area contributed by atoms with Crippen molar-refractivity contribution in [2.75, 3.05) is 23.8 Å². The van der Waals surface area contributed by atoms with Gasteiger partial charge in [0, 0.05) is 37.6 Å². The Bertz CT molecular complexity index is 1050. The highest BCUT2D eigenvalue weighted by Gasteiger charge is 2.24. The van der Waals surface area contributed by atoms with Crippen LogP contribution >= 0.6 is 0 Å². The van der Waals surface area contributed by atoms with Gasteiger partial charge in [0.05, 0.1) is 17.4 Å². The van der Waals surface area contributed by atoms with Crippen LogP contribution in [0.5, 0.6) is 0 Å². The summed E-state index contributed by atoms with van der Waals surface area (Å²) in [6.45, 7) is 2.82. The average molecular weight is 402 g/mol. The number of carboxylic acids is 1. The number of aryl methyl sites for hydroxylation is 2. The second kappa shape index (κ2) is 8.53. The molecule has 0 spiro atoms. The third-order valence-electron chi connectivity index (χ3n) is 5.87. The maximum absolute atomic E-state index is 11.4. The molecule has 0 saturated heterocycles. The molecule has 0 amide bonds. The molecule has 1 aliphatic carbocycles. The van der Waals surface area contributed by atoms with Gasteiger partial charge in [-0.3, -0.25) is 4.98 Å². The number of nitrogens with zero attached hydrogens (tertiary/aromatic N) is 3. The van der Waals surface area contributed by atoms with Gasteiger partial charge in [-0.25, -0.2) is 9.78 Å². The zero-order valence-corrected chi connectivity index (χ0v) is 17.3. The van der Waals surface area contributed by atoms with E-state index in [1.807, 2.05) is 13.2 Å². The maximum Gasteiger partial charge on any atom is 0.337 e. The molecule has 1 aliphatic rings. The van der Waals surface area contributed by atoms with Gasteiger partial charge in [0.15, 0.2) is 0 Å². The number of pyridine rings is 2. The largest absolute Gasteiger partial charge is 0.478 e. The predicted octanol–water partition coefficient (Wildman–Crippen LogP) is 4.65. The lowest BCUT2D eigenvalue weighted by Gasteiger charge is -2.20. The SMILES string of the molecule is CCc1ccc(N(C)c2ccc3c(c2)CC[C@H]3CNc2cnccc2C(=O)O)nc1. The van der Waals surface area contributed by atoms with Crippen molar-refractivity contribution in [3.8, 4) is 0 Å². The molecule has 30 heavy (non-hydrogen) atoms.